The second-order valence-electron chi connectivity index (χ2n) is 7.53. The number of carbonyl (C=O) groups excluding carboxylic acids is 2. The van der Waals surface area contributed by atoms with Gasteiger partial charge in [-0.25, -0.2) is 4.98 Å². The second-order valence-corrected chi connectivity index (χ2v) is 7.53. The second kappa shape index (κ2) is 8.55. The van der Waals surface area contributed by atoms with Crippen LogP contribution in [0.1, 0.15) is 67.6 Å². The maximum Gasteiger partial charge on any atom is 0.290 e. The molecule has 3 rings (SSSR count). The fraction of sp³-hybridized carbons (Fsp3) is 0.571. The van der Waals surface area contributed by atoms with E-state index in [9.17, 15) is 9.59 Å². The lowest BCUT2D eigenvalue weighted by Crippen LogP contribution is -2.40. The Labute approximate surface area is 161 Å². The van der Waals surface area contributed by atoms with Crippen molar-refractivity contribution in [3.8, 4) is 0 Å². The fourth-order valence-electron chi connectivity index (χ4n) is 3.87. The van der Waals surface area contributed by atoms with Crippen LogP contribution in [-0.4, -0.2) is 57.2 Å². The van der Waals surface area contributed by atoms with Gasteiger partial charge in [0.05, 0.1) is 5.52 Å². The Balaban J connectivity index is 1.98. The van der Waals surface area contributed by atoms with Crippen LogP contribution in [0.3, 0.4) is 0 Å². The summed E-state index contributed by atoms with van der Waals surface area (Å²) in [5.41, 5.74) is 1.08. The average molecular weight is 370 g/mol. The standard InChI is InChI=1S/C21H30N4O2/c1-4-11-23(12-5-2)20(26)18-17-10-6-7-14-25(17)19(22-18)21(27)24-13-8-9-16(3)15-24/h6-7,10,14,16H,4-5,8-9,11-13,15H2,1-3H3. The molecular formula is C21H30N4O2. The molecule has 2 aromatic rings. The molecule has 6 nitrogen and oxygen atoms in total. The Morgan fingerprint density at radius 2 is 1.96 bits per heavy atom. The normalized spacial score (nSPS) is 17.3. The predicted molar refractivity (Wildman–Crippen MR) is 106 cm³/mol. The molecule has 1 saturated heterocycles. The van der Waals surface area contributed by atoms with Gasteiger partial charge in [-0.15, -0.1) is 0 Å². The molecule has 1 fully saturated rings. The average Bonchev–Trinajstić information content (AvgIpc) is 3.06. The maximum absolute atomic E-state index is 13.1. The summed E-state index contributed by atoms with van der Waals surface area (Å²) in [5.74, 6) is 0.670. The molecule has 1 aliphatic heterocycles. The van der Waals surface area contributed by atoms with Crippen molar-refractivity contribution >= 4 is 17.3 Å². The molecule has 0 aromatic carbocycles. The van der Waals surface area contributed by atoms with Crippen LogP contribution in [0.25, 0.3) is 5.52 Å². The van der Waals surface area contributed by atoms with Crippen molar-refractivity contribution in [3.05, 3.63) is 35.9 Å². The summed E-state index contributed by atoms with van der Waals surface area (Å²) in [5, 5.41) is 0. The number of amides is 2. The highest BCUT2D eigenvalue weighted by atomic mass is 16.2. The van der Waals surface area contributed by atoms with Crippen molar-refractivity contribution in [3.63, 3.8) is 0 Å². The van der Waals surface area contributed by atoms with Crippen LogP contribution in [0, 0.1) is 5.92 Å². The van der Waals surface area contributed by atoms with Crippen LogP contribution >= 0.6 is 0 Å². The van der Waals surface area contributed by atoms with Gasteiger partial charge in [0.2, 0.25) is 5.82 Å². The van der Waals surface area contributed by atoms with Crippen molar-refractivity contribution in [2.45, 2.75) is 46.5 Å². The summed E-state index contributed by atoms with van der Waals surface area (Å²) in [6.07, 6.45) is 5.79. The van der Waals surface area contributed by atoms with E-state index in [1.807, 2.05) is 34.2 Å². The number of carbonyl (C=O) groups is 2. The lowest BCUT2D eigenvalue weighted by Gasteiger charge is -2.30. The summed E-state index contributed by atoms with van der Waals surface area (Å²) in [6.45, 7) is 9.21. The van der Waals surface area contributed by atoms with Gasteiger partial charge in [-0.3, -0.25) is 14.0 Å². The number of nitrogens with zero attached hydrogens (tertiary/aromatic N) is 4. The number of piperidine rings is 1. The van der Waals surface area contributed by atoms with Gasteiger partial charge in [0.1, 0.15) is 0 Å². The van der Waals surface area contributed by atoms with Gasteiger partial charge >= 0.3 is 0 Å². The van der Waals surface area contributed by atoms with E-state index in [-0.39, 0.29) is 11.8 Å². The van der Waals surface area contributed by atoms with Crippen LogP contribution in [0.2, 0.25) is 0 Å². The smallest absolute Gasteiger partial charge is 0.290 e. The molecule has 1 aliphatic rings. The lowest BCUT2D eigenvalue weighted by atomic mass is 10.0. The number of imidazole rings is 1. The van der Waals surface area contributed by atoms with Gasteiger partial charge in [-0.1, -0.05) is 26.8 Å². The molecular weight excluding hydrogens is 340 g/mol. The molecule has 1 atom stereocenters. The van der Waals surface area contributed by atoms with E-state index >= 15 is 0 Å². The fourth-order valence-corrected chi connectivity index (χ4v) is 3.87. The molecule has 27 heavy (non-hydrogen) atoms. The molecule has 0 radical (unpaired) electrons. The zero-order valence-electron chi connectivity index (χ0n) is 16.6. The highest BCUT2D eigenvalue weighted by molar-refractivity contribution is 6.02. The van der Waals surface area contributed by atoms with Gasteiger partial charge in [0, 0.05) is 32.4 Å². The van der Waals surface area contributed by atoms with Crippen molar-refractivity contribution in [1.82, 2.24) is 19.2 Å². The van der Waals surface area contributed by atoms with Gasteiger partial charge in [-0.05, 0) is 43.7 Å². The van der Waals surface area contributed by atoms with E-state index in [1.165, 1.54) is 0 Å². The summed E-state index contributed by atoms with van der Waals surface area (Å²) in [7, 11) is 0. The number of aromatic nitrogens is 2. The van der Waals surface area contributed by atoms with Crippen molar-refractivity contribution in [1.29, 1.82) is 0 Å². The van der Waals surface area contributed by atoms with Crippen molar-refractivity contribution in [2.75, 3.05) is 26.2 Å². The minimum atomic E-state index is -0.0894. The molecule has 2 aromatic heterocycles. The summed E-state index contributed by atoms with van der Waals surface area (Å²) >= 11 is 0. The maximum atomic E-state index is 13.1. The molecule has 0 N–H and O–H groups in total. The van der Waals surface area contributed by atoms with Crippen molar-refractivity contribution in [2.24, 2.45) is 5.92 Å². The Bertz CT molecular complexity index is 757. The van der Waals surface area contributed by atoms with E-state index in [1.54, 1.807) is 4.40 Å². The first-order chi connectivity index (χ1) is 13.1. The lowest BCUT2D eigenvalue weighted by molar-refractivity contribution is 0.0669. The highest BCUT2D eigenvalue weighted by Crippen LogP contribution is 2.21. The Morgan fingerprint density at radius 3 is 2.63 bits per heavy atom. The molecule has 1 unspecified atom stereocenters. The third-order valence-corrected chi connectivity index (χ3v) is 5.16. The largest absolute Gasteiger partial charge is 0.337 e. The molecule has 146 valence electrons. The molecule has 0 aliphatic carbocycles. The van der Waals surface area contributed by atoms with E-state index < -0.39 is 0 Å². The number of fused-ring (bicyclic) bond motifs is 1. The van der Waals surface area contributed by atoms with Gasteiger partial charge in [0.25, 0.3) is 11.8 Å². The van der Waals surface area contributed by atoms with Gasteiger partial charge < -0.3 is 9.80 Å². The van der Waals surface area contributed by atoms with Crippen LogP contribution in [0.15, 0.2) is 24.4 Å². The predicted octanol–water partition coefficient (Wildman–Crippen LogP) is 3.47. The molecule has 0 saturated carbocycles. The Morgan fingerprint density at radius 1 is 1.22 bits per heavy atom. The monoisotopic (exact) mass is 370 g/mol. The Hall–Kier alpha value is -2.37. The minimum Gasteiger partial charge on any atom is -0.337 e. The molecule has 3 heterocycles. The number of hydrogen-bond acceptors (Lipinski definition) is 3. The molecule has 0 bridgehead atoms. The van der Waals surface area contributed by atoms with Crippen LogP contribution in [-0.2, 0) is 0 Å². The SMILES string of the molecule is CCCN(CCC)C(=O)c1nc(C(=O)N2CCCC(C)C2)n2ccccc12. The number of pyridine rings is 1. The summed E-state index contributed by atoms with van der Waals surface area (Å²) < 4.78 is 1.77. The van der Waals surface area contributed by atoms with E-state index in [0.29, 0.717) is 36.0 Å². The zero-order chi connectivity index (χ0) is 19.4. The van der Waals surface area contributed by atoms with Crippen LogP contribution in [0.5, 0.6) is 0 Å². The van der Waals surface area contributed by atoms with Gasteiger partial charge in [-0.2, -0.15) is 0 Å². The van der Waals surface area contributed by atoms with E-state index in [4.69, 9.17) is 0 Å². The summed E-state index contributed by atoms with van der Waals surface area (Å²) in [4.78, 5) is 34.5. The minimum absolute atomic E-state index is 0.0840. The summed E-state index contributed by atoms with van der Waals surface area (Å²) in [6, 6.07) is 5.62. The quantitative estimate of drug-likeness (QED) is 0.782. The Kier molecular flexibility index (Phi) is 6.14. The van der Waals surface area contributed by atoms with Crippen LogP contribution < -0.4 is 0 Å². The van der Waals surface area contributed by atoms with E-state index in [0.717, 1.165) is 38.8 Å². The number of rotatable bonds is 6. The zero-order valence-corrected chi connectivity index (χ0v) is 16.6. The third kappa shape index (κ3) is 3.99. The highest BCUT2D eigenvalue weighted by Gasteiger charge is 2.29. The van der Waals surface area contributed by atoms with Crippen molar-refractivity contribution < 1.29 is 9.59 Å². The molecule has 6 heteroatoms. The number of likely N-dealkylation sites (tertiary alicyclic amines) is 1. The van der Waals surface area contributed by atoms with E-state index in [2.05, 4.69) is 25.8 Å². The molecule has 2 amide bonds. The van der Waals surface area contributed by atoms with Crippen LogP contribution in [0.4, 0.5) is 0 Å². The molecule has 0 spiro atoms. The first-order valence-corrected chi connectivity index (χ1v) is 10.1. The number of hydrogen-bond donors (Lipinski definition) is 0. The van der Waals surface area contributed by atoms with Gasteiger partial charge in [0.15, 0.2) is 5.69 Å². The first kappa shape index (κ1) is 19.4. The topological polar surface area (TPSA) is 57.9 Å². The third-order valence-electron chi connectivity index (χ3n) is 5.16. The first-order valence-electron chi connectivity index (χ1n) is 10.1.